The van der Waals surface area contributed by atoms with Gasteiger partial charge in [0.25, 0.3) is 0 Å². The molecule has 1 aromatic heterocycles. The lowest BCUT2D eigenvalue weighted by atomic mass is 10.1. The van der Waals surface area contributed by atoms with Gasteiger partial charge in [-0.3, -0.25) is 4.98 Å². The third kappa shape index (κ3) is 2.96. The van der Waals surface area contributed by atoms with Gasteiger partial charge < -0.3 is 14.7 Å². The topological polar surface area (TPSA) is 45.6 Å². The number of aliphatic hydroxyl groups excluding tert-OH is 1. The second-order valence-electron chi connectivity index (χ2n) is 4.54. The largest absolute Gasteiger partial charge is 0.387 e. The highest BCUT2D eigenvalue weighted by Gasteiger charge is 2.19. The van der Waals surface area contributed by atoms with Crippen LogP contribution in [-0.4, -0.2) is 36.4 Å². The van der Waals surface area contributed by atoms with Gasteiger partial charge in [-0.25, -0.2) is 0 Å². The maximum Gasteiger partial charge on any atom is 0.0931 e. The lowest BCUT2D eigenvalue weighted by Gasteiger charge is -2.32. The Morgan fingerprint density at radius 3 is 2.59 bits per heavy atom. The molecule has 1 unspecified atom stereocenters. The number of aromatic nitrogens is 1. The van der Waals surface area contributed by atoms with Gasteiger partial charge in [0, 0.05) is 20.2 Å². The van der Waals surface area contributed by atoms with Crippen LogP contribution in [0.2, 0.25) is 0 Å². The zero-order valence-electron chi connectivity index (χ0n) is 10.5. The Morgan fingerprint density at radius 1 is 1.41 bits per heavy atom. The van der Waals surface area contributed by atoms with E-state index in [1.807, 2.05) is 18.3 Å². The van der Waals surface area contributed by atoms with E-state index in [4.69, 9.17) is 4.74 Å². The molecule has 1 aliphatic rings. The molecular weight excluding hydrogens is 216 g/mol. The van der Waals surface area contributed by atoms with Crippen molar-refractivity contribution in [3.8, 4) is 0 Å². The lowest BCUT2D eigenvalue weighted by molar-refractivity contribution is 0.0819. The van der Waals surface area contributed by atoms with Crippen molar-refractivity contribution in [2.75, 3.05) is 25.1 Å². The predicted molar refractivity (Wildman–Crippen MR) is 67.1 cm³/mol. The average molecular weight is 236 g/mol. The fourth-order valence-corrected chi connectivity index (χ4v) is 2.18. The number of hydrogen-bond donors (Lipinski definition) is 1. The molecule has 2 heterocycles. The molecular formula is C13H20N2O2. The van der Waals surface area contributed by atoms with Crippen LogP contribution in [0.3, 0.4) is 0 Å². The summed E-state index contributed by atoms with van der Waals surface area (Å²) in [6.45, 7) is 3.74. The molecule has 0 radical (unpaired) electrons. The Labute approximate surface area is 102 Å². The quantitative estimate of drug-likeness (QED) is 0.868. The van der Waals surface area contributed by atoms with Crippen LogP contribution in [0, 0.1) is 0 Å². The van der Waals surface area contributed by atoms with Crippen LogP contribution in [0.4, 0.5) is 5.69 Å². The van der Waals surface area contributed by atoms with E-state index in [2.05, 4.69) is 9.88 Å². The van der Waals surface area contributed by atoms with Gasteiger partial charge in [-0.05, 0) is 31.9 Å². The van der Waals surface area contributed by atoms with Gasteiger partial charge in [0.15, 0.2) is 0 Å². The number of aliphatic hydroxyl groups is 1. The summed E-state index contributed by atoms with van der Waals surface area (Å²) in [6, 6.07) is 3.92. The number of hydrogen-bond acceptors (Lipinski definition) is 4. The fraction of sp³-hybridized carbons (Fsp3) is 0.615. The summed E-state index contributed by atoms with van der Waals surface area (Å²) in [5.74, 6) is 0. The van der Waals surface area contributed by atoms with Crippen molar-refractivity contribution in [1.29, 1.82) is 0 Å². The molecule has 1 aliphatic heterocycles. The summed E-state index contributed by atoms with van der Waals surface area (Å²) in [7, 11) is 1.78. The van der Waals surface area contributed by atoms with Crippen molar-refractivity contribution in [2.24, 2.45) is 0 Å². The molecule has 4 nitrogen and oxygen atoms in total. The zero-order valence-corrected chi connectivity index (χ0v) is 10.5. The van der Waals surface area contributed by atoms with Crippen molar-refractivity contribution < 1.29 is 9.84 Å². The Morgan fingerprint density at radius 2 is 2.12 bits per heavy atom. The summed E-state index contributed by atoms with van der Waals surface area (Å²) in [6.07, 6.45) is 3.87. The molecule has 0 spiro atoms. The lowest BCUT2D eigenvalue weighted by Crippen LogP contribution is -2.36. The van der Waals surface area contributed by atoms with Crippen LogP contribution < -0.4 is 4.90 Å². The van der Waals surface area contributed by atoms with Crippen LogP contribution in [0.15, 0.2) is 18.3 Å². The summed E-state index contributed by atoms with van der Waals surface area (Å²) in [5.41, 5.74) is 1.85. The third-order valence-corrected chi connectivity index (χ3v) is 3.34. The summed E-state index contributed by atoms with van der Waals surface area (Å²) in [5, 5.41) is 9.40. The molecule has 17 heavy (non-hydrogen) atoms. The number of piperidine rings is 1. The first-order valence-corrected chi connectivity index (χ1v) is 6.12. The second kappa shape index (κ2) is 5.47. The van der Waals surface area contributed by atoms with Gasteiger partial charge in [0.05, 0.1) is 29.8 Å². The minimum absolute atomic E-state index is 0.399. The minimum atomic E-state index is -0.497. The van der Waals surface area contributed by atoms with Gasteiger partial charge in [0.1, 0.15) is 0 Å². The van der Waals surface area contributed by atoms with Gasteiger partial charge in [-0.2, -0.15) is 0 Å². The maximum absolute atomic E-state index is 9.40. The molecule has 0 amide bonds. The van der Waals surface area contributed by atoms with E-state index in [1.165, 1.54) is 0 Å². The van der Waals surface area contributed by atoms with E-state index >= 15 is 0 Å². The van der Waals surface area contributed by atoms with E-state index in [1.54, 1.807) is 14.0 Å². The number of rotatable bonds is 3. The number of pyridine rings is 1. The molecule has 2 rings (SSSR count). The Balaban J connectivity index is 1.99. The minimum Gasteiger partial charge on any atom is -0.387 e. The zero-order chi connectivity index (χ0) is 12.3. The van der Waals surface area contributed by atoms with E-state index in [-0.39, 0.29) is 0 Å². The highest BCUT2D eigenvalue weighted by atomic mass is 16.5. The number of anilines is 1. The summed E-state index contributed by atoms with van der Waals surface area (Å²) >= 11 is 0. The van der Waals surface area contributed by atoms with Crippen LogP contribution >= 0.6 is 0 Å². The fourth-order valence-electron chi connectivity index (χ4n) is 2.18. The van der Waals surface area contributed by atoms with Crippen molar-refractivity contribution >= 4 is 5.69 Å². The van der Waals surface area contributed by atoms with Gasteiger partial charge in [0.2, 0.25) is 0 Å². The molecule has 0 aliphatic carbocycles. The first-order chi connectivity index (χ1) is 8.20. The second-order valence-corrected chi connectivity index (χ2v) is 4.54. The smallest absolute Gasteiger partial charge is 0.0931 e. The monoisotopic (exact) mass is 236 g/mol. The van der Waals surface area contributed by atoms with Crippen molar-refractivity contribution in [1.82, 2.24) is 4.98 Å². The van der Waals surface area contributed by atoms with Gasteiger partial charge in [-0.1, -0.05) is 0 Å². The van der Waals surface area contributed by atoms with E-state index in [9.17, 15) is 5.11 Å². The number of methoxy groups -OCH3 is 1. The van der Waals surface area contributed by atoms with E-state index in [0.717, 1.165) is 37.3 Å². The molecule has 94 valence electrons. The highest BCUT2D eigenvalue weighted by Crippen LogP contribution is 2.21. The predicted octanol–water partition coefficient (Wildman–Crippen LogP) is 1.75. The molecule has 0 saturated carbocycles. The van der Waals surface area contributed by atoms with Crippen LogP contribution in [0.25, 0.3) is 0 Å². The van der Waals surface area contributed by atoms with E-state index in [0.29, 0.717) is 6.10 Å². The first-order valence-electron chi connectivity index (χ1n) is 6.12. The van der Waals surface area contributed by atoms with Crippen molar-refractivity contribution in [3.05, 3.63) is 24.0 Å². The Bertz CT molecular complexity index is 343. The standard InChI is InChI=1S/C13H20N2O2/c1-10(16)13-4-3-11(9-14-13)15-7-5-12(17-2)6-8-15/h3-4,9-10,12,16H,5-8H2,1-2H3. The summed E-state index contributed by atoms with van der Waals surface area (Å²) < 4.78 is 5.35. The molecule has 0 aromatic carbocycles. The normalized spacial score (nSPS) is 19.4. The molecule has 1 saturated heterocycles. The van der Waals surface area contributed by atoms with Gasteiger partial charge in [-0.15, -0.1) is 0 Å². The molecule has 1 N–H and O–H groups in total. The average Bonchev–Trinajstić information content (AvgIpc) is 2.39. The van der Waals surface area contributed by atoms with Crippen LogP contribution in [0.5, 0.6) is 0 Å². The van der Waals surface area contributed by atoms with Crippen LogP contribution in [-0.2, 0) is 4.74 Å². The first kappa shape index (κ1) is 12.3. The molecule has 1 aromatic rings. The van der Waals surface area contributed by atoms with Gasteiger partial charge >= 0.3 is 0 Å². The van der Waals surface area contributed by atoms with Crippen molar-refractivity contribution in [2.45, 2.75) is 32.0 Å². The SMILES string of the molecule is COC1CCN(c2ccc(C(C)O)nc2)CC1. The Hall–Kier alpha value is -1.13. The molecule has 4 heteroatoms. The third-order valence-electron chi connectivity index (χ3n) is 3.34. The van der Waals surface area contributed by atoms with Crippen molar-refractivity contribution in [3.63, 3.8) is 0 Å². The molecule has 0 bridgehead atoms. The summed E-state index contributed by atoms with van der Waals surface area (Å²) in [4.78, 5) is 6.58. The number of ether oxygens (including phenoxy) is 1. The highest BCUT2D eigenvalue weighted by molar-refractivity contribution is 5.45. The molecule has 1 atom stereocenters. The maximum atomic E-state index is 9.40. The Kier molecular flexibility index (Phi) is 3.97. The van der Waals surface area contributed by atoms with E-state index < -0.39 is 6.10 Å². The molecule has 1 fully saturated rings. The van der Waals surface area contributed by atoms with Crippen LogP contribution in [0.1, 0.15) is 31.6 Å². The number of nitrogens with zero attached hydrogens (tertiary/aromatic N) is 2.